The van der Waals surface area contributed by atoms with Gasteiger partial charge in [-0.1, -0.05) is 12.1 Å². The molecule has 0 radical (unpaired) electrons. The summed E-state index contributed by atoms with van der Waals surface area (Å²) in [4.78, 5) is 16.4. The summed E-state index contributed by atoms with van der Waals surface area (Å²) < 4.78 is 20.0. The molecule has 2 aromatic heterocycles. The normalized spacial score (nSPS) is 11.3. The van der Waals surface area contributed by atoms with Crippen LogP contribution in [-0.2, 0) is 4.74 Å². The fourth-order valence-electron chi connectivity index (χ4n) is 2.31. The molecule has 1 aromatic carbocycles. The average Bonchev–Trinajstić information content (AvgIpc) is 2.93. The van der Waals surface area contributed by atoms with Crippen LogP contribution in [0.4, 0.5) is 15.9 Å². The molecular formula is C17H15FN4O2. The molecule has 122 valence electrons. The lowest BCUT2D eigenvalue weighted by Gasteiger charge is -2.02. The van der Waals surface area contributed by atoms with Gasteiger partial charge in [-0.25, -0.2) is 14.2 Å². The van der Waals surface area contributed by atoms with Gasteiger partial charge >= 0.3 is 5.97 Å². The largest absolute Gasteiger partial charge is 0.461 e. The van der Waals surface area contributed by atoms with E-state index in [1.807, 2.05) is 19.1 Å². The van der Waals surface area contributed by atoms with E-state index in [1.54, 1.807) is 23.5 Å². The number of nitrogens with zero attached hydrogens (tertiary/aromatic N) is 4. The minimum Gasteiger partial charge on any atom is -0.461 e. The van der Waals surface area contributed by atoms with E-state index in [0.29, 0.717) is 11.3 Å². The van der Waals surface area contributed by atoms with E-state index < -0.39 is 11.8 Å². The van der Waals surface area contributed by atoms with Gasteiger partial charge in [0.05, 0.1) is 12.3 Å². The fourth-order valence-corrected chi connectivity index (χ4v) is 2.31. The van der Waals surface area contributed by atoms with Crippen LogP contribution in [0.25, 0.3) is 5.65 Å². The Balaban J connectivity index is 2.13. The van der Waals surface area contributed by atoms with Gasteiger partial charge in [0.2, 0.25) is 0 Å². The van der Waals surface area contributed by atoms with Crippen molar-refractivity contribution < 1.29 is 13.9 Å². The number of pyridine rings is 1. The van der Waals surface area contributed by atoms with Gasteiger partial charge in [0.15, 0.2) is 11.5 Å². The third kappa shape index (κ3) is 3.01. The van der Waals surface area contributed by atoms with E-state index >= 15 is 0 Å². The molecule has 0 aliphatic rings. The van der Waals surface area contributed by atoms with Crippen molar-refractivity contribution in [2.45, 2.75) is 13.8 Å². The van der Waals surface area contributed by atoms with E-state index in [9.17, 15) is 9.18 Å². The summed E-state index contributed by atoms with van der Waals surface area (Å²) in [5.74, 6) is -0.731. The SMILES string of the molecule is CCOC(=O)c1nc2cccc(C)n2c1N=Nc1cccc(F)c1. The summed E-state index contributed by atoms with van der Waals surface area (Å²) in [7, 11) is 0. The number of hydrogen-bond acceptors (Lipinski definition) is 5. The number of hydrogen-bond donors (Lipinski definition) is 0. The topological polar surface area (TPSA) is 68.3 Å². The summed E-state index contributed by atoms with van der Waals surface area (Å²) in [5.41, 5.74) is 1.81. The molecule has 0 saturated carbocycles. The Hall–Kier alpha value is -3.09. The highest BCUT2D eigenvalue weighted by atomic mass is 19.1. The molecule has 2 heterocycles. The first kappa shape index (κ1) is 15.8. The van der Waals surface area contributed by atoms with Crippen LogP contribution in [0.1, 0.15) is 23.1 Å². The molecule has 3 rings (SSSR count). The number of imidazole rings is 1. The number of rotatable bonds is 4. The monoisotopic (exact) mass is 326 g/mol. The smallest absolute Gasteiger partial charge is 0.360 e. The quantitative estimate of drug-likeness (QED) is 0.528. The number of azo groups is 1. The standard InChI is InChI=1S/C17H15FN4O2/c1-3-24-17(23)15-16(21-20-13-8-5-7-12(18)10-13)22-11(2)6-4-9-14(22)19-15/h4-10H,3H2,1-2H3. The van der Waals surface area contributed by atoms with Gasteiger partial charge in [0.25, 0.3) is 0 Å². The van der Waals surface area contributed by atoms with Crippen molar-refractivity contribution in [3.63, 3.8) is 0 Å². The molecule has 3 aromatic rings. The van der Waals surface area contributed by atoms with Crippen LogP contribution in [0.2, 0.25) is 0 Å². The highest BCUT2D eigenvalue weighted by Gasteiger charge is 2.21. The van der Waals surface area contributed by atoms with Gasteiger partial charge in [-0.05, 0) is 38.1 Å². The number of carbonyl (C=O) groups is 1. The summed E-state index contributed by atoms with van der Waals surface area (Å²) in [6.45, 7) is 3.81. The van der Waals surface area contributed by atoms with Crippen LogP contribution in [0, 0.1) is 12.7 Å². The second-order valence-corrected chi connectivity index (χ2v) is 5.05. The molecule has 0 aliphatic heterocycles. The zero-order valence-electron chi connectivity index (χ0n) is 13.2. The van der Waals surface area contributed by atoms with Crippen LogP contribution in [0.3, 0.4) is 0 Å². The number of halogens is 1. The summed E-state index contributed by atoms with van der Waals surface area (Å²) in [6, 6.07) is 11.2. The van der Waals surface area contributed by atoms with E-state index in [4.69, 9.17) is 4.74 Å². The summed E-state index contributed by atoms with van der Waals surface area (Å²) >= 11 is 0. The maximum Gasteiger partial charge on any atom is 0.360 e. The first-order chi connectivity index (χ1) is 11.6. The van der Waals surface area contributed by atoms with Gasteiger partial charge in [-0.2, -0.15) is 0 Å². The van der Waals surface area contributed by atoms with Crippen molar-refractivity contribution in [2.75, 3.05) is 6.61 Å². The average molecular weight is 326 g/mol. The molecule has 0 unspecified atom stereocenters. The van der Waals surface area contributed by atoms with Crippen LogP contribution in [-0.4, -0.2) is 22.0 Å². The fraction of sp³-hybridized carbons (Fsp3) is 0.176. The first-order valence-electron chi connectivity index (χ1n) is 7.42. The number of benzene rings is 1. The van der Waals surface area contributed by atoms with Crippen molar-refractivity contribution in [3.05, 3.63) is 59.7 Å². The van der Waals surface area contributed by atoms with E-state index in [1.165, 1.54) is 18.2 Å². The van der Waals surface area contributed by atoms with Crippen molar-refractivity contribution in [1.29, 1.82) is 0 Å². The number of fused-ring (bicyclic) bond motifs is 1. The highest BCUT2D eigenvalue weighted by molar-refractivity contribution is 5.93. The molecule has 0 N–H and O–H groups in total. The van der Waals surface area contributed by atoms with Gasteiger partial charge in [-0.15, -0.1) is 10.2 Å². The molecule has 24 heavy (non-hydrogen) atoms. The van der Waals surface area contributed by atoms with E-state index in [2.05, 4.69) is 15.2 Å². The van der Waals surface area contributed by atoms with Crippen molar-refractivity contribution in [3.8, 4) is 0 Å². The van der Waals surface area contributed by atoms with E-state index in [-0.39, 0.29) is 18.1 Å². The Bertz CT molecular complexity index is 933. The Labute approximate surface area is 137 Å². The first-order valence-corrected chi connectivity index (χ1v) is 7.42. The number of aromatic nitrogens is 2. The van der Waals surface area contributed by atoms with Crippen LogP contribution in [0.5, 0.6) is 0 Å². The van der Waals surface area contributed by atoms with Gasteiger partial charge in [-0.3, -0.25) is 4.40 Å². The number of carbonyl (C=O) groups excluding carboxylic acids is 1. The third-order valence-corrected chi connectivity index (χ3v) is 3.35. The Morgan fingerprint density at radius 2 is 2.04 bits per heavy atom. The van der Waals surface area contributed by atoms with Crippen LogP contribution in [0.15, 0.2) is 52.7 Å². The molecule has 7 heteroatoms. The molecule has 0 saturated heterocycles. The lowest BCUT2D eigenvalue weighted by Crippen LogP contribution is -2.05. The number of esters is 1. The zero-order chi connectivity index (χ0) is 17.1. The predicted octanol–water partition coefficient (Wildman–Crippen LogP) is 4.37. The molecular weight excluding hydrogens is 311 g/mol. The molecule has 0 spiro atoms. The minimum atomic E-state index is -0.575. The second-order valence-electron chi connectivity index (χ2n) is 5.05. The highest BCUT2D eigenvalue weighted by Crippen LogP contribution is 2.26. The van der Waals surface area contributed by atoms with Gasteiger partial charge in [0.1, 0.15) is 11.5 Å². The predicted molar refractivity (Wildman–Crippen MR) is 86.5 cm³/mol. The molecule has 0 fully saturated rings. The molecule has 0 atom stereocenters. The van der Waals surface area contributed by atoms with Gasteiger partial charge < -0.3 is 4.74 Å². The van der Waals surface area contributed by atoms with Crippen molar-refractivity contribution in [2.24, 2.45) is 10.2 Å². The number of aryl methyl sites for hydroxylation is 1. The van der Waals surface area contributed by atoms with Crippen LogP contribution >= 0.6 is 0 Å². The molecule has 6 nitrogen and oxygen atoms in total. The molecule has 0 bridgehead atoms. The maximum atomic E-state index is 13.3. The Morgan fingerprint density at radius 1 is 1.25 bits per heavy atom. The minimum absolute atomic E-state index is 0.0753. The molecule has 0 aliphatic carbocycles. The zero-order valence-corrected chi connectivity index (χ0v) is 13.2. The van der Waals surface area contributed by atoms with E-state index in [0.717, 1.165) is 5.69 Å². The van der Waals surface area contributed by atoms with Crippen molar-refractivity contribution >= 4 is 23.1 Å². The van der Waals surface area contributed by atoms with Gasteiger partial charge in [0, 0.05) is 11.8 Å². The Kier molecular flexibility index (Phi) is 4.33. The summed E-state index contributed by atoms with van der Waals surface area (Å²) in [5, 5.41) is 8.15. The second kappa shape index (κ2) is 6.57. The lowest BCUT2D eigenvalue weighted by molar-refractivity contribution is 0.0521. The Morgan fingerprint density at radius 3 is 2.79 bits per heavy atom. The lowest BCUT2D eigenvalue weighted by atomic mass is 10.3. The molecule has 0 amide bonds. The number of ether oxygens (including phenoxy) is 1. The maximum absolute atomic E-state index is 13.3. The van der Waals surface area contributed by atoms with Crippen molar-refractivity contribution in [1.82, 2.24) is 9.38 Å². The third-order valence-electron chi connectivity index (χ3n) is 3.35. The van der Waals surface area contributed by atoms with Crippen LogP contribution < -0.4 is 0 Å². The summed E-state index contributed by atoms with van der Waals surface area (Å²) in [6.07, 6.45) is 0.